The Hall–Kier alpha value is -2.40. The first kappa shape index (κ1) is 12.6. The lowest BCUT2D eigenvalue weighted by Crippen LogP contribution is -2.01. The van der Waals surface area contributed by atoms with Crippen LogP contribution in [0.15, 0.2) is 36.4 Å². The molecule has 0 amide bonds. The average Bonchev–Trinajstić information content (AvgIpc) is 2.76. The quantitative estimate of drug-likeness (QED) is 0.792. The minimum absolute atomic E-state index is 0.381. The molecule has 102 valence electrons. The number of nitrogens with zero attached hydrogens (tertiary/aromatic N) is 3. The molecule has 1 aromatic carbocycles. The number of aryl methyl sites for hydroxylation is 2. The number of fused-ring (bicyclic) bond motifs is 1. The van der Waals surface area contributed by atoms with Crippen LogP contribution in [0, 0.1) is 6.92 Å². The molecule has 0 unspecified atom stereocenters. The second kappa shape index (κ2) is 4.94. The highest BCUT2D eigenvalue weighted by Gasteiger charge is 2.10. The predicted octanol–water partition coefficient (Wildman–Crippen LogP) is 2.53. The zero-order valence-electron chi connectivity index (χ0n) is 11.5. The summed E-state index contributed by atoms with van der Waals surface area (Å²) in [7, 11) is 1.86. The van der Waals surface area contributed by atoms with Crippen molar-refractivity contribution in [1.29, 1.82) is 0 Å². The Balaban J connectivity index is 2.12. The van der Waals surface area contributed by atoms with Crippen molar-refractivity contribution in [2.75, 3.05) is 0 Å². The van der Waals surface area contributed by atoms with E-state index in [9.17, 15) is 0 Å². The fraction of sp³-hybridized carbons (Fsp3) is 0.200. The van der Waals surface area contributed by atoms with E-state index in [2.05, 4.69) is 10.1 Å². The SMILES string of the molecule is Cc1cc(Oc2cc(CN)nc3ccccc23)n(C)n1. The van der Waals surface area contributed by atoms with Gasteiger partial charge in [-0.3, -0.25) is 4.98 Å². The molecule has 0 aliphatic rings. The Kier molecular flexibility index (Phi) is 3.12. The molecule has 0 aliphatic carbocycles. The number of rotatable bonds is 3. The third kappa shape index (κ3) is 2.23. The van der Waals surface area contributed by atoms with Gasteiger partial charge in [0.05, 0.1) is 16.9 Å². The van der Waals surface area contributed by atoms with Gasteiger partial charge in [-0.1, -0.05) is 12.1 Å². The first-order valence-electron chi connectivity index (χ1n) is 6.44. The minimum Gasteiger partial charge on any atom is -0.439 e. The van der Waals surface area contributed by atoms with Gasteiger partial charge in [0.2, 0.25) is 5.88 Å². The average molecular weight is 268 g/mol. The molecule has 0 spiro atoms. The molecular formula is C15H16N4O. The maximum Gasteiger partial charge on any atom is 0.217 e. The van der Waals surface area contributed by atoms with Crippen LogP contribution in [-0.2, 0) is 13.6 Å². The van der Waals surface area contributed by atoms with Crippen LogP contribution in [0.25, 0.3) is 10.9 Å². The van der Waals surface area contributed by atoms with Crippen LogP contribution in [-0.4, -0.2) is 14.8 Å². The van der Waals surface area contributed by atoms with Crippen molar-refractivity contribution < 1.29 is 4.74 Å². The number of pyridine rings is 1. The van der Waals surface area contributed by atoms with Gasteiger partial charge < -0.3 is 10.5 Å². The van der Waals surface area contributed by atoms with E-state index in [0.29, 0.717) is 12.4 Å². The maximum absolute atomic E-state index is 5.99. The summed E-state index contributed by atoms with van der Waals surface area (Å²) in [6.45, 7) is 2.31. The van der Waals surface area contributed by atoms with Crippen molar-refractivity contribution in [3.8, 4) is 11.6 Å². The second-order valence-electron chi connectivity index (χ2n) is 4.68. The number of hydrogen-bond donors (Lipinski definition) is 1. The molecule has 0 fully saturated rings. The largest absolute Gasteiger partial charge is 0.439 e. The molecule has 5 nitrogen and oxygen atoms in total. The number of benzene rings is 1. The van der Waals surface area contributed by atoms with E-state index in [0.717, 1.165) is 28.0 Å². The standard InChI is InChI=1S/C15H16N4O/c1-10-7-15(19(2)18-10)20-14-8-11(9-16)17-13-6-4-3-5-12(13)14/h3-8H,9,16H2,1-2H3. The summed E-state index contributed by atoms with van der Waals surface area (Å²) in [6.07, 6.45) is 0. The summed E-state index contributed by atoms with van der Waals surface area (Å²) >= 11 is 0. The molecule has 0 saturated carbocycles. The first-order valence-corrected chi connectivity index (χ1v) is 6.44. The van der Waals surface area contributed by atoms with E-state index < -0.39 is 0 Å². The lowest BCUT2D eigenvalue weighted by atomic mass is 10.2. The van der Waals surface area contributed by atoms with Crippen LogP contribution in [0.3, 0.4) is 0 Å². The van der Waals surface area contributed by atoms with E-state index >= 15 is 0 Å². The summed E-state index contributed by atoms with van der Waals surface area (Å²) < 4.78 is 7.71. The third-order valence-electron chi connectivity index (χ3n) is 3.11. The normalized spacial score (nSPS) is 10.9. The summed E-state index contributed by atoms with van der Waals surface area (Å²) in [6, 6.07) is 11.6. The van der Waals surface area contributed by atoms with Gasteiger partial charge in [-0.15, -0.1) is 0 Å². The van der Waals surface area contributed by atoms with E-state index in [4.69, 9.17) is 10.5 Å². The highest BCUT2D eigenvalue weighted by molar-refractivity contribution is 5.85. The molecule has 0 bridgehead atoms. The molecular weight excluding hydrogens is 252 g/mol. The van der Waals surface area contributed by atoms with Crippen molar-refractivity contribution in [3.63, 3.8) is 0 Å². The Bertz CT molecular complexity index is 764. The summed E-state index contributed by atoms with van der Waals surface area (Å²) in [5, 5.41) is 5.24. The Morgan fingerprint density at radius 1 is 1.25 bits per heavy atom. The molecule has 0 atom stereocenters. The van der Waals surface area contributed by atoms with E-state index in [1.54, 1.807) is 4.68 Å². The molecule has 0 radical (unpaired) electrons. The molecule has 2 heterocycles. The van der Waals surface area contributed by atoms with Crippen LogP contribution >= 0.6 is 0 Å². The molecule has 3 rings (SSSR count). The first-order chi connectivity index (χ1) is 9.67. The highest BCUT2D eigenvalue weighted by atomic mass is 16.5. The van der Waals surface area contributed by atoms with E-state index in [-0.39, 0.29) is 0 Å². The van der Waals surface area contributed by atoms with Gasteiger partial charge in [0, 0.05) is 31.1 Å². The van der Waals surface area contributed by atoms with Gasteiger partial charge in [0.1, 0.15) is 5.75 Å². The molecule has 0 saturated heterocycles. The topological polar surface area (TPSA) is 66.0 Å². The van der Waals surface area contributed by atoms with Crippen molar-refractivity contribution in [2.24, 2.45) is 12.8 Å². The van der Waals surface area contributed by atoms with Gasteiger partial charge in [-0.25, -0.2) is 4.68 Å². The van der Waals surface area contributed by atoms with Crippen molar-refractivity contribution in [2.45, 2.75) is 13.5 Å². The molecule has 5 heteroatoms. The fourth-order valence-electron chi connectivity index (χ4n) is 2.18. The van der Waals surface area contributed by atoms with Crippen LogP contribution in [0.4, 0.5) is 0 Å². The van der Waals surface area contributed by atoms with Crippen LogP contribution < -0.4 is 10.5 Å². The molecule has 2 N–H and O–H groups in total. The monoisotopic (exact) mass is 268 g/mol. The summed E-state index contributed by atoms with van der Waals surface area (Å²) in [5.74, 6) is 1.45. The summed E-state index contributed by atoms with van der Waals surface area (Å²) in [5.41, 5.74) is 8.30. The highest BCUT2D eigenvalue weighted by Crippen LogP contribution is 2.29. The lowest BCUT2D eigenvalue weighted by Gasteiger charge is -2.10. The van der Waals surface area contributed by atoms with Gasteiger partial charge in [0.25, 0.3) is 0 Å². The number of nitrogens with two attached hydrogens (primary N) is 1. The molecule has 0 aliphatic heterocycles. The van der Waals surface area contributed by atoms with Crippen molar-refractivity contribution in [1.82, 2.24) is 14.8 Å². The van der Waals surface area contributed by atoms with E-state index in [1.807, 2.05) is 50.4 Å². The Morgan fingerprint density at radius 3 is 2.75 bits per heavy atom. The smallest absolute Gasteiger partial charge is 0.217 e. The van der Waals surface area contributed by atoms with Crippen LogP contribution in [0.1, 0.15) is 11.4 Å². The third-order valence-corrected chi connectivity index (χ3v) is 3.11. The maximum atomic E-state index is 5.99. The molecule has 3 aromatic rings. The van der Waals surface area contributed by atoms with Gasteiger partial charge in [-0.05, 0) is 19.1 Å². The van der Waals surface area contributed by atoms with Crippen molar-refractivity contribution >= 4 is 10.9 Å². The zero-order chi connectivity index (χ0) is 14.1. The number of ether oxygens (including phenoxy) is 1. The Morgan fingerprint density at radius 2 is 2.05 bits per heavy atom. The predicted molar refractivity (Wildman–Crippen MR) is 77.7 cm³/mol. The van der Waals surface area contributed by atoms with Crippen molar-refractivity contribution in [3.05, 3.63) is 47.8 Å². The Labute approximate surface area is 117 Å². The van der Waals surface area contributed by atoms with Gasteiger partial charge in [0.15, 0.2) is 0 Å². The van der Waals surface area contributed by atoms with Gasteiger partial charge >= 0.3 is 0 Å². The van der Waals surface area contributed by atoms with Crippen LogP contribution in [0.5, 0.6) is 11.6 Å². The second-order valence-corrected chi connectivity index (χ2v) is 4.68. The van der Waals surface area contributed by atoms with E-state index in [1.165, 1.54) is 0 Å². The fourth-order valence-corrected chi connectivity index (χ4v) is 2.18. The molecule has 2 aromatic heterocycles. The number of para-hydroxylation sites is 1. The summed E-state index contributed by atoms with van der Waals surface area (Å²) in [4.78, 5) is 4.50. The number of aromatic nitrogens is 3. The number of hydrogen-bond acceptors (Lipinski definition) is 4. The van der Waals surface area contributed by atoms with Gasteiger partial charge in [-0.2, -0.15) is 5.10 Å². The molecule has 20 heavy (non-hydrogen) atoms. The van der Waals surface area contributed by atoms with Crippen LogP contribution in [0.2, 0.25) is 0 Å². The minimum atomic E-state index is 0.381. The zero-order valence-corrected chi connectivity index (χ0v) is 11.5. The lowest BCUT2D eigenvalue weighted by molar-refractivity contribution is 0.434.